The fourth-order valence-corrected chi connectivity index (χ4v) is 3.35. The Hall–Kier alpha value is -2.20. The Labute approximate surface area is 144 Å². The number of carbonyl (C=O) groups is 1. The van der Waals surface area contributed by atoms with E-state index in [0.29, 0.717) is 0 Å². The van der Waals surface area contributed by atoms with Gasteiger partial charge in [-0.15, -0.1) is 0 Å². The average molecular weight is 323 g/mol. The van der Waals surface area contributed by atoms with E-state index in [9.17, 15) is 4.79 Å². The Morgan fingerprint density at radius 3 is 2.79 bits per heavy atom. The zero-order valence-corrected chi connectivity index (χ0v) is 14.7. The van der Waals surface area contributed by atoms with E-state index in [0.717, 1.165) is 42.8 Å². The highest BCUT2D eigenvalue weighted by Crippen LogP contribution is 2.32. The van der Waals surface area contributed by atoms with Gasteiger partial charge in [-0.05, 0) is 57.6 Å². The Balaban J connectivity index is 1.79. The minimum absolute atomic E-state index is 0.0893. The molecule has 1 fully saturated rings. The van der Waals surface area contributed by atoms with Crippen LogP contribution in [-0.4, -0.2) is 41.3 Å². The minimum Gasteiger partial charge on any atom is -0.330 e. The highest BCUT2D eigenvalue weighted by atomic mass is 16.2. The van der Waals surface area contributed by atoms with Crippen molar-refractivity contribution in [2.24, 2.45) is 0 Å². The maximum atomic E-state index is 12.9. The molecule has 1 aliphatic heterocycles. The fourth-order valence-electron chi connectivity index (χ4n) is 3.35. The van der Waals surface area contributed by atoms with E-state index >= 15 is 0 Å². The molecule has 1 saturated heterocycles. The summed E-state index contributed by atoms with van der Waals surface area (Å²) in [5, 5.41) is 0. The van der Waals surface area contributed by atoms with Crippen molar-refractivity contribution in [3.8, 4) is 0 Å². The van der Waals surface area contributed by atoms with Crippen LogP contribution in [0.2, 0.25) is 0 Å². The van der Waals surface area contributed by atoms with Gasteiger partial charge >= 0.3 is 0 Å². The van der Waals surface area contributed by atoms with Crippen LogP contribution in [0.1, 0.15) is 46.1 Å². The van der Waals surface area contributed by atoms with Gasteiger partial charge in [0, 0.05) is 24.8 Å². The first kappa shape index (κ1) is 16.7. The molecule has 1 aromatic carbocycles. The molecule has 0 radical (unpaired) electrons. The summed E-state index contributed by atoms with van der Waals surface area (Å²) < 4.78 is 0. The molecule has 1 unspecified atom stereocenters. The standard InChI is InChI=1S/C20H25N3O/c1-15-6-4-7-17(12-15)20(24)23-11-5-8-19(23)18-10-9-16(13-21-18)14-22(2)3/h4,6-7,9-10,12-13,19H,5,8,11,14H2,1-3H3. The van der Waals surface area contributed by atoms with Gasteiger partial charge in [-0.2, -0.15) is 0 Å². The predicted molar refractivity (Wildman–Crippen MR) is 95.8 cm³/mol. The van der Waals surface area contributed by atoms with Crippen LogP contribution in [0.3, 0.4) is 0 Å². The molecule has 2 aromatic rings. The van der Waals surface area contributed by atoms with Crippen LogP contribution in [0.5, 0.6) is 0 Å². The lowest BCUT2D eigenvalue weighted by molar-refractivity contribution is 0.0733. The number of pyridine rings is 1. The number of aryl methyl sites for hydroxylation is 1. The monoisotopic (exact) mass is 323 g/mol. The van der Waals surface area contributed by atoms with Crippen LogP contribution in [-0.2, 0) is 6.54 Å². The van der Waals surface area contributed by atoms with Gasteiger partial charge in [0.1, 0.15) is 0 Å². The maximum absolute atomic E-state index is 12.9. The van der Waals surface area contributed by atoms with Gasteiger partial charge in [0.15, 0.2) is 0 Å². The van der Waals surface area contributed by atoms with Gasteiger partial charge in [0.05, 0.1) is 11.7 Å². The summed E-state index contributed by atoms with van der Waals surface area (Å²) in [7, 11) is 4.10. The van der Waals surface area contributed by atoms with E-state index in [1.807, 2.05) is 56.4 Å². The third-order valence-corrected chi connectivity index (χ3v) is 4.47. The normalized spacial score (nSPS) is 17.5. The lowest BCUT2D eigenvalue weighted by Gasteiger charge is -2.25. The van der Waals surface area contributed by atoms with Gasteiger partial charge in [-0.25, -0.2) is 0 Å². The summed E-state index contributed by atoms with van der Waals surface area (Å²) in [6.45, 7) is 3.70. The molecule has 0 N–H and O–H groups in total. The van der Waals surface area contributed by atoms with Crippen LogP contribution in [0, 0.1) is 6.92 Å². The SMILES string of the molecule is Cc1cccc(C(=O)N2CCCC2c2ccc(CN(C)C)cn2)c1. The van der Waals surface area contributed by atoms with Crippen molar-refractivity contribution in [1.82, 2.24) is 14.8 Å². The molecule has 0 saturated carbocycles. The molecule has 3 rings (SSSR count). The van der Waals surface area contributed by atoms with Gasteiger partial charge in [-0.1, -0.05) is 23.8 Å². The van der Waals surface area contributed by atoms with E-state index in [4.69, 9.17) is 0 Å². The third kappa shape index (κ3) is 3.65. The van der Waals surface area contributed by atoms with Crippen LogP contribution < -0.4 is 0 Å². The summed E-state index contributed by atoms with van der Waals surface area (Å²) in [4.78, 5) is 21.6. The van der Waals surface area contributed by atoms with Crippen molar-refractivity contribution in [2.45, 2.75) is 32.4 Å². The number of hydrogen-bond acceptors (Lipinski definition) is 3. The minimum atomic E-state index is 0.0893. The van der Waals surface area contributed by atoms with Crippen molar-refractivity contribution >= 4 is 5.91 Å². The Morgan fingerprint density at radius 1 is 1.29 bits per heavy atom. The molecule has 1 atom stereocenters. The van der Waals surface area contributed by atoms with Crippen molar-refractivity contribution in [1.29, 1.82) is 0 Å². The number of rotatable bonds is 4. The number of likely N-dealkylation sites (tertiary alicyclic amines) is 1. The summed E-state index contributed by atoms with van der Waals surface area (Å²) >= 11 is 0. The van der Waals surface area contributed by atoms with Crippen molar-refractivity contribution in [3.05, 3.63) is 65.0 Å². The second-order valence-electron chi connectivity index (χ2n) is 6.86. The Bertz CT molecular complexity index is 709. The van der Waals surface area contributed by atoms with E-state index in [1.54, 1.807) is 0 Å². The maximum Gasteiger partial charge on any atom is 0.254 e. The molecule has 1 amide bonds. The van der Waals surface area contributed by atoms with Gasteiger partial charge in [-0.3, -0.25) is 9.78 Å². The molecule has 0 bridgehead atoms. The van der Waals surface area contributed by atoms with Crippen LogP contribution in [0.25, 0.3) is 0 Å². The van der Waals surface area contributed by atoms with Crippen molar-refractivity contribution in [3.63, 3.8) is 0 Å². The van der Waals surface area contributed by atoms with Crippen LogP contribution >= 0.6 is 0 Å². The number of aromatic nitrogens is 1. The number of amides is 1. The van der Waals surface area contributed by atoms with Crippen LogP contribution in [0.15, 0.2) is 42.6 Å². The van der Waals surface area contributed by atoms with Crippen molar-refractivity contribution in [2.75, 3.05) is 20.6 Å². The molecule has 2 heterocycles. The first-order valence-corrected chi connectivity index (χ1v) is 8.52. The lowest BCUT2D eigenvalue weighted by Crippen LogP contribution is -2.31. The van der Waals surface area contributed by atoms with Gasteiger partial charge in [0.2, 0.25) is 0 Å². The van der Waals surface area contributed by atoms with Crippen LogP contribution in [0.4, 0.5) is 0 Å². The fraction of sp³-hybridized carbons (Fsp3) is 0.400. The second-order valence-corrected chi connectivity index (χ2v) is 6.86. The van der Waals surface area contributed by atoms with Crippen molar-refractivity contribution < 1.29 is 4.79 Å². The third-order valence-electron chi connectivity index (χ3n) is 4.47. The smallest absolute Gasteiger partial charge is 0.254 e. The number of nitrogens with zero attached hydrogens (tertiary/aromatic N) is 3. The predicted octanol–water partition coefficient (Wildman–Crippen LogP) is 3.43. The Morgan fingerprint density at radius 2 is 2.12 bits per heavy atom. The lowest BCUT2D eigenvalue weighted by atomic mass is 10.1. The molecular formula is C20H25N3O. The molecule has 126 valence electrons. The average Bonchev–Trinajstić information content (AvgIpc) is 3.04. The molecular weight excluding hydrogens is 298 g/mol. The second kappa shape index (κ2) is 7.14. The Kier molecular flexibility index (Phi) is 4.95. The number of carbonyl (C=O) groups excluding carboxylic acids is 1. The molecule has 24 heavy (non-hydrogen) atoms. The first-order valence-electron chi connectivity index (χ1n) is 8.52. The zero-order valence-electron chi connectivity index (χ0n) is 14.7. The highest BCUT2D eigenvalue weighted by Gasteiger charge is 2.31. The molecule has 1 aliphatic rings. The number of hydrogen-bond donors (Lipinski definition) is 0. The largest absolute Gasteiger partial charge is 0.330 e. The van der Waals surface area contributed by atoms with Gasteiger partial charge < -0.3 is 9.80 Å². The van der Waals surface area contributed by atoms with E-state index in [1.165, 1.54) is 5.56 Å². The van der Waals surface area contributed by atoms with E-state index < -0.39 is 0 Å². The molecule has 1 aromatic heterocycles. The topological polar surface area (TPSA) is 36.4 Å². The molecule has 4 heteroatoms. The molecule has 4 nitrogen and oxygen atoms in total. The van der Waals surface area contributed by atoms with E-state index in [-0.39, 0.29) is 11.9 Å². The molecule has 0 spiro atoms. The summed E-state index contributed by atoms with van der Waals surface area (Å²) in [5.41, 5.74) is 4.07. The van der Waals surface area contributed by atoms with E-state index in [2.05, 4.69) is 22.0 Å². The molecule has 0 aliphatic carbocycles. The highest BCUT2D eigenvalue weighted by molar-refractivity contribution is 5.94. The quantitative estimate of drug-likeness (QED) is 0.865. The summed E-state index contributed by atoms with van der Waals surface area (Å²) in [6.07, 6.45) is 3.95. The first-order chi connectivity index (χ1) is 11.5. The summed E-state index contributed by atoms with van der Waals surface area (Å²) in [6, 6.07) is 12.1. The number of benzene rings is 1. The van der Waals surface area contributed by atoms with Gasteiger partial charge in [0.25, 0.3) is 5.91 Å². The summed E-state index contributed by atoms with van der Waals surface area (Å²) in [5.74, 6) is 0.111. The zero-order chi connectivity index (χ0) is 17.1.